The second-order valence-corrected chi connectivity index (χ2v) is 5.35. The van der Waals surface area contributed by atoms with Crippen LogP contribution in [0, 0.1) is 5.41 Å². The number of nitrogens with two attached hydrogens (primary N) is 1. The fourth-order valence-corrected chi connectivity index (χ4v) is 1.74. The largest absolute Gasteiger partial charge is 0.480 e. The first-order valence-corrected chi connectivity index (χ1v) is 5.75. The molecule has 1 rings (SSSR count). The summed E-state index contributed by atoms with van der Waals surface area (Å²) < 4.78 is 5.28. The summed E-state index contributed by atoms with van der Waals surface area (Å²) >= 11 is 0. The number of ether oxygens (including phenoxy) is 1. The monoisotopic (exact) mass is 253 g/mol. The molecule has 2 atom stereocenters. The van der Waals surface area contributed by atoms with E-state index in [0.717, 1.165) is 0 Å². The van der Waals surface area contributed by atoms with Gasteiger partial charge in [0.15, 0.2) is 0 Å². The maximum atomic E-state index is 12.2. The summed E-state index contributed by atoms with van der Waals surface area (Å²) in [5, 5.41) is 9.06. The van der Waals surface area contributed by atoms with E-state index in [9.17, 15) is 9.59 Å². The molecule has 0 saturated carbocycles. The van der Waals surface area contributed by atoms with Gasteiger partial charge in [0.2, 0.25) is 0 Å². The summed E-state index contributed by atoms with van der Waals surface area (Å²) in [6.45, 7) is 5.19. The van der Waals surface area contributed by atoms with Crippen molar-refractivity contribution in [3.8, 4) is 0 Å². The molecule has 0 aliphatic heterocycles. The minimum Gasteiger partial charge on any atom is -0.480 e. The number of carboxylic acids is 1. The van der Waals surface area contributed by atoms with Gasteiger partial charge in [-0.15, -0.1) is 0 Å². The Kier molecular flexibility index (Phi) is 3.96. The molecule has 0 bridgehead atoms. The van der Waals surface area contributed by atoms with Gasteiger partial charge in [-0.25, -0.2) is 0 Å². The molecule has 0 spiro atoms. The highest BCUT2D eigenvalue weighted by Crippen LogP contribution is 2.34. The molecule has 1 unspecified atom stereocenters. The lowest BCUT2D eigenvalue weighted by Crippen LogP contribution is -2.53. The van der Waals surface area contributed by atoms with Crippen molar-refractivity contribution in [1.82, 2.24) is 0 Å². The first-order chi connectivity index (χ1) is 8.19. The van der Waals surface area contributed by atoms with Gasteiger partial charge in [0.25, 0.3) is 0 Å². The van der Waals surface area contributed by atoms with Crippen molar-refractivity contribution >= 4 is 11.9 Å². The van der Waals surface area contributed by atoms with Crippen LogP contribution in [0.25, 0.3) is 0 Å². The highest BCUT2D eigenvalue weighted by atomic mass is 16.6. The van der Waals surface area contributed by atoms with Crippen LogP contribution in [0.4, 0.5) is 0 Å². The molecule has 0 fully saturated rings. The van der Waals surface area contributed by atoms with Crippen molar-refractivity contribution in [3.63, 3.8) is 0 Å². The van der Waals surface area contributed by atoms with Gasteiger partial charge in [-0.1, -0.05) is 24.3 Å². The van der Waals surface area contributed by atoms with E-state index in [1.807, 2.05) is 0 Å². The Labute approximate surface area is 106 Å². The molecule has 1 aliphatic rings. The Balaban J connectivity index is 3.06. The minimum atomic E-state index is -1.33. The van der Waals surface area contributed by atoms with Gasteiger partial charge in [0, 0.05) is 0 Å². The van der Waals surface area contributed by atoms with Gasteiger partial charge in [0.1, 0.15) is 17.1 Å². The molecule has 0 heterocycles. The number of hydrogen-bond acceptors (Lipinski definition) is 4. The molecule has 0 amide bonds. The standard InChI is InChI=1S/C13H19NO4/c1-12(2,3)18-11(17)13(9(14)10(15)16)7-5-4-6-8-13/h4-7,9H,8,14H2,1-3H3,(H,15,16)/t9-,13?/m0/s1. The van der Waals surface area contributed by atoms with Gasteiger partial charge in [-0.05, 0) is 27.2 Å². The number of carbonyl (C=O) groups is 2. The van der Waals surface area contributed by atoms with Gasteiger partial charge in [0.05, 0.1) is 0 Å². The second kappa shape index (κ2) is 4.94. The van der Waals surface area contributed by atoms with Crippen LogP contribution in [0.15, 0.2) is 24.3 Å². The van der Waals surface area contributed by atoms with Crippen molar-refractivity contribution in [1.29, 1.82) is 0 Å². The van der Waals surface area contributed by atoms with Gasteiger partial charge in [-0.2, -0.15) is 0 Å². The zero-order valence-corrected chi connectivity index (χ0v) is 10.8. The molecular formula is C13H19NO4. The molecule has 0 radical (unpaired) electrons. The molecule has 3 N–H and O–H groups in total. The molecule has 5 heteroatoms. The zero-order valence-electron chi connectivity index (χ0n) is 10.8. The van der Waals surface area contributed by atoms with E-state index in [4.69, 9.17) is 15.6 Å². The number of allylic oxidation sites excluding steroid dienone is 3. The lowest BCUT2D eigenvalue weighted by atomic mass is 9.75. The first kappa shape index (κ1) is 14.4. The molecule has 0 aromatic carbocycles. The number of rotatable bonds is 3. The summed E-state index contributed by atoms with van der Waals surface area (Å²) in [7, 11) is 0. The summed E-state index contributed by atoms with van der Waals surface area (Å²) in [6.07, 6.45) is 6.83. The normalized spacial score (nSPS) is 24.7. The van der Waals surface area contributed by atoms with Crippen molar-refractivity contribution < 1.29 is 19.4 Å². The minimum absolute atomic E-state index is 0.228. The van der Waals surface area contributed by atoms with Gasteiger partial charge in [-0.3, -0.25) is 9.59 Å². The fourth-order valence-electron chi connectivity index (χ4n) is 1.74. The predicted molar refractivity (Wildman–Crippen MR) is 66.8 cm³/mol. The van der Waals surface area contributed by atoms with Crippen molar-refractivity contribution in [2.45, 2.75) is 38.8 Å². The van der Waals surface area contributed by atoms with Crippen LogP contribution in [0.3, 0.4) is 0 Å². The van der Waals surface area contributed by atoms with Gasteiger partial charge >= 0.3 is 11.9 Å². The summed E-state index contributed by atoms with van der Waals surface area (Å²) in [5.41, 5.74) is 3.65. The highest BCUT2D eigenvalue weighted by molar-refractivity contribution is 5.89. The van der Waals surface area contributed by atoms with E-state index in [0.29, 0.717) is 0 Å². The van der Waals surface area contributed by atoms with Crippen LogP contribution in [-0.2, 0) is 14.3 Å². The Morgan fingerprint density at radius 3 is 2.39 bits per heavy atom. The molecule has 0 aromatic rings. The Bertz CT molecular complexity index is 406. The number of hydrogen-bond donors (Lipinski definition) is 2. The third-order valence-electron chi connectivity index (χ3n) is 2.70. The van der Waals surface area contributed by atoms with Crippen LogP contribution >= 0.6 is 0 Å². The van der Waals surface area contributed by atoms with Gasteiger partial charge < -0.3 is 15.6 Å². The lowest BCUT2D eigenvalue weighted by Gasteiger charge is -2.34. The summed E-state index contributed by atoms with van der Waals surface area (Å²) in [5.74, 6) is -1.83. The van der Waals surface area contributed by atoms with Crippen LogP contribution in [0.1, 0.15) is 27.2 Å². The SMILES string of the molecule is CC(C)(C)OC(=O)C1([C@@H](N)C(=O)O)C=CC=CC1. The lowest BCUT2D eigenvalue weighted by molar-refractivity contribution is -0.169. The molecule has 0 aromatic heterocycles. The van der Waals surface area contributed by atoms with Crippen LogP contribution in [0.2, 0.25) is 0 Å². The van der Waals surface area contributed by atoms with E-state index in [1.54, 1.807) is 39.0 Å². The summed E-state index contributed by atoms with van der Waals surface area (Å²) in [6, 6.07) is -1.33. The molecule has 5 nitrogen and oxygen atoms in total. The quantitative estimate of drug-likeness (QED) is 0.739. The van der Waals surface area contributed by atoms with E-state index in [-0.39, 0.29) is 6.42 Å². The Hall–Kier alpha value is -1.62. The maximum Gasteiger partial charge on any atom is 0.322 e. The van der Waals surface area contributed by atoms with Crippen LogP contribution in [-0.4, -0.2) is 28.7 Å². The topological polar surface area (TPSA) is 89.6 Å². The third-order valence-corrected chi connectivity index (χ3v) is 2.70. The third kappa shape index (κ3) is 2.98. The number of carbonyl (C=O) groups excluding carboxylic acids is 1. The van der Waals surface area contributed by atoms with E-state index >= 15 is 0 Å². The predicted octanol–water partition coefficient (Wildman–Crippen LogP) is 1.24. The molecule has 0 saturated heterocycles. The van der Waals surface area contributed by atoms with Crippen LogP contribution < -0.4 is 5.73 Å². The zero-order chi connectivity index (χ0) is 14.0. The maximum absolute atomic E-state index is 12.2. The number of esters is 1. The Morgan fingerprint density at radius 1 is 1.39 bits per heavy atom. The fraction of sp³-hybridized carbons (Fsp3) is 0.538. The molecular weight excluding hydrogens is 234 g/mol. The Morgan fingerprint density at radius 2 is 2.00 bits per heavy atom. The molecule has 1 aliphatic carbocycles. The van der Waals surface area contributed by atoms with Crippen molar-refractivity contribution in [2.75, 3.05) is 0 Å². The average molecular weight is 253 g/mol. The highest BCUT2D eigenvalue weighted by Gasteiger charge is 2.47. The van der Waals surface area contributed by atoms with Crippen molar-refractivity contribution in [2.24, 2.45) is 11.1 Å². The second-order valence-electron chi connectivity index (χ2n) is 5.35. The summed E-state index contributed by atoms with van der Waals surface area (Å²) in [4.78, 5) is 23.3. The molecule has 18 heavy (non-hydrogen) atoms. The first-order valence-electron chi connectivity index (χ1n) is 5.75. The van der Waals surface area contributed by atoms with E-state index in [1.165, 1.54) is 6.08 Å². The number of aliphatic carboxylic acids is 1. The van der Waals surface area contributed by atoms with Crippen molar-refractivity contribution in [3.05, 3.63) is 24.3 Å². The number of carboxylic acid groups (broad SMARTS) is 1. The van der Waals surface area contributed by atoms with Crippen LogP contribution in [0.5, 0.6) is 0 Å². The molecule has 100 valence electrons. The van der Waals surface area contributed by atoms with E-state index < -0.39 is 29.0 Å². The smallest absolute Gasteiger partial charge is 0.322 e. The average Bonchev–Trinajstić information content (AvgIpc) is 2.26. The van der Waals surface area contributed by atoms with E-state index in [2.05, 4.69) is 0 Å².